The Bertz CT molecular complexity index is 330. The molecule has 0 atom stereocenters. The number of nitrogens with zero attached hydrogens (tertiary/aromatic N) is 2. The number of hydrogen-bond donors (Lipinski definition) is 0. The van der Waals surface area contributed by atoms with Crippen LogP contribution >= 0.6 is 0 Å². The molecule has 0 saturated heterocycles. The summed E-state index contributed by atoms with van der Waals surface area (Å²) in [6.45, 7) is 1.44. The maximum absolute atomic E-state index is 11.3. The van der Waals surface area contributed by atoms with E-state index in [1.807, 2.05) is 0 Å². The average Bonchev–Trinajstić information content (AvgIpc) is 2.95. The Kier molecular flexibility index (Phi) is 4.51. The lowest BCUT2D eigenvalue weighted by atomic mass is 10.5. The monoisotopic (exact) mass is 232 g/mol. The van der Waals surface area contributed by atoms with Crippen molar-refractivity contribution in [2.45, 2.75) is 12.8 Å². The molecule has 0 heterocycles. The van der Waals surface area contributed by atoms with Gasteiger partial charge in [-0.1, -0.05) is 0 Å². The van der Waals surface area contributed by atoms with Gasteiger partial charge in [0.1, 0.15) is 0 Å². The summed E-state index contributed by atoms with van der Waals surface area (Å²) in [6, 6.07) is 1.64. The first-order valence-electron chi connectivity index (χ1n) is 4.95. The highest BCUT2D eigenvalue weighted by Gasteiger charge is 2.21. The second kappa shape index (κ2) is 5.45. The molecule has 0 spiro atoms. The van der Waals surface area contributed by atoms with Gasteiger partial charge in [0.2, 0.25) is 10.0 Å². The SMILES string of the molecule is CN(CCOCC1CC1)S(=O)(=O)CC#N. The Labute approximate surface area is 90.7 Å². The normalized spacial score (nSPS) is 16.6. The van der Waals surface area contributed by atoms with E-state index in [1.54, 1.807) is 6.07 Å². The molecule has 1 aliphatic carbocycles. The molecule has 0 unspecified atom stereocenters. The van der Waals surface area contributed by atoms with Crippen molar-refractivity contribution >= 4 is 10.0 Å². The number of hydrogen-bond acceptors (Lipinski definition) is 4. The molecule has 15 heavy (non-hydrogen) atoms. The van der Waals surface area contributed by atoms with Crippen LogP contribution in [0.5, 0.6) is 0 Å². The summed E-state index contributed by atoms with van der Waals surface area (Å²) in [4.78, 5) is 0. The minimum Gasteiger partial charge on any atom is -0.380 e. The van der Waals surface area contributed by atoms with Crippen LogP contribution in [0.1, 0.15) is 12.8 Å². The first-order valence-corrected chi connectivity index (χ1v) is 6.56. The minimum atomic E-state index is -3.40. The zero-order valence-corrected chi connectivity index (χ0v) is 9.66. The summed E-state index contributed by atoms with van der Waals surface area (Å²) < 4.78 is 29.1. The van der Waals surface area contributed by atoms with E-state index in [0.29, 0.717) is 19.1 Å². The Morgan fingerprint density at radius 2 is 2.20 bits per heavy atom. The molecule has 1 rings (SSSR count). The summed E-state index contributed by atoms with van der Waals surface area (Å²) >= 11 is 0. The maximum Gasteiger partial charge on any atom is 0.227 e. The maximum atomic E-state index is 11.3. The van der Waals surface area contributed by atoms with Gasteiger partial charge in [0.15, 0.2) is 5.75 Å². The second-order valence-corrected chi connectivity index (χ2v) is 5.83. The van der Waals surface area contributed by atoms with E-state index in [0.717, 1.165) is 6.61 Å². The zero-order valence-electron chi connectivity index (χ0n) is 8.85. The highest BCUT2D eigenvalue weighted by atomic mass is 32.2. The number of sulfonamides is 1. The predicted octanol–water partition coefficient (Wildman–Crippen LogP) is 0.198. The van der Waals surface area contributed by atoms with E-state index in [2.05, 4.69) is 0 Å². The molecule has 0 aromatic heterocycles. The van der Waals surface area contributed by atoms with Crippen LogP contribution in [0.4, 0.5) is 0 Å². The molecule has 0 radical (unpaired) electrons. The number of ether oxygens (including phenoxy) is 1. The van der Waals surface area contributed by atoms with Gasteiger partial charge in [-0.2, -0.15) is 5.26 Å². The largest absolute Gasteiger partial charge is 0.380 e. The molecule has 86 valence electrons. The molecule has 5 nitrogen and oxygen atoms in total. The minimum absolute atomic E-state index is 0.316. The van der Waals surface area contributed by atoms with Crippen LogP contribution in [0.3, 0.4) is 0 Å². The van der Waals surface area contributed by atoms with Crippen molar-refractivity contribution in [2.24, 2.45) is 5.92 Å². The molecule has 0 aromatic carbocycles. The molecule has 0 aliphatic heterocycles. The molecule has 1 saturated carbocycles. The highest BCUT2D eigenvalue weighted by molar-refractivity contribution is 7.89. The van der Waals surface area contributed by atoms with Crippen molar-refractivity contribution in [1.82, 2.24) is 4.31 Å². The molecule has 1 aliphatic rings. The van der Waals surface area contributed by atoms with Crippen LogP contribution in [0, 0.1) is 17.2 Å². The van der Waals surface area contributed by atoms with E-state index in [9.17, 15) is 8.42 Å². The summed E-state index contributed by atoms with van der Waals surface area (Å²) in [5, 5.41) is 8.32. The van der Waals surface area contributed by atoms with E-state index in [1.165, 1.54) is 24.2 Å². The van der Waals surface area contributed by atoms with Gasteiger partial charge < -0.3 is 4.74 Å². The van der Waals surface area contributed by atoms with Gasteiger partial charge in [-0.3, -0.25) is 0 Å². The van der Waals surface area contributed by atoms with E-state index in [4.69, 9.17) is 10.00 Å². The van der Waals surface area contributed by atoms with Gasteiger partial charge in [-0.05, 0) is 18.8 Å². The third kappa shape index (κ3) is 4.60. The fourth-order valence-corrected chi connectivity index (χ4v) is 1.79. The van der Waals surface area contributed by atoms with Crippen LogP contribution in [0.15, 0.2) is 0 Å². The highest BCUT2D eigenvalue weighted by Crippen LogP contribution is 2.28. The molecule has 0 aromatic rings. The summed E-state index contributed by atoms with van der Waals surface area (Å²) in [7, 11) is -1.94. The van der Waals surface area contributed by atoms with Crippen LogP contribution < -0.4 is 0 Å². The smallest absolute Gasteiger partial charge is 0.227 e. The van der Waals surface area contributed by atoms with Gasteiger partial charge in [-0.15, -0.1) is 0 Å². The molecule has 0 bridgehead atoms. The number of likely N-dealkylation sites (N-methyl/N-ethyl adjacent to an activating group) is 1. The molecule has 1 fully saturated rings. The first-order chi connectivity index (χ1) is 7.06. The van der Waals surface area contributed by atoms with Crippen LogP contribution in [0.2, 0.25) is 0 Å². The van der Waals surface area contributed by atoms with Gasteiger partial charge in [0, 0.05) is 20.2 Å². The Morgan fingerprint density at radius 1 is 1.53 bits per heavy atom. The van der Waals surface area contributed by atoms with Crippen molar-refractivity contribution < 1.29 is 13.2 Å². The third-order valence-electron chi connectivity index (χ3n) is 2.32. The first kappa shape index (κ1) is 12.4. The standard InChI is InChI=1S/C9H16N2O3S/c1-11(15(12,13)7-4-10)5-6-14-8-9-2-3-9/h9H,2-3,5-8H2,1H3. The fraction of sp³-hybridized carbons (Fsp3) is 0.889. The van der Waals surface area contributed by atoms with Crippen LogP contribution in [-0.2, 0) is 14.8 Å². The quantitative estimate of drug-likeness (QED) is 0.588. The lowest BCUT2D eigenvalue weighted by Crippen LogP contribution is -2.32. The zero-order chi connectivity index (χ0) is 11.3. The number of rotatable bonds is 7. The summed E-state index contributed by atoms with van der Waals surface area (Å²) in [6.07, 6.45) is 2.45. The number of nitriles is 1. The molecular weight excluding hydrogens is 216 g/mol. The molecule has 0 amide bonds. The molecule has 6 heteroatoms. The van der Waals surface area contributed by atoms with E-state index in [-0.39, 0.29) is 0 Å². The van der Waals surface area contributed by atoms with Crippen molar-refractivity contribution in [3.63, 3.8) is 0 Å². The van der Waals surface area contributed by atoms with E-state index >= 15 is 0 Å². The van der Waals surface area contributed by atoms with Gasteiger partial charge >= 0.3 is 0 Å². The Hall–Kier alpha value is -0.640. The Balaban J connectivity index is 2.16. The van der Waals surface area contributed by atoms with E-state index < -0.39 is 15.8 Å². The fourth-order valence-electron chi connectivity index (χ4n) is 1.06. The van der Waals surface area contributed by atoms with Gasteiger partial charge in [-0.25, -0.2) is 12.7 Å². The Morgan fingerprint density at radius 3 is 2.73 bits per heavy atom. The van der Waals surface area contributed by atoms with Crippen LogP contribution in [0.25, 0.3) is 0 Å². The second-order valence-electron chi connectivity index (χ2n) is 3.75. The van der Waals surface area contributed by atoms with Crippen molar-refractivity contribution in [3.8, 4) is 6.07 Å². The average molecular weight is 232 g/mol. The molecular formula is C9H16N2O3S. The summed E-state index contributed by atoms with van der Waals surface area (Å²) in [5.41, 5.74) is 0. The molecule has 0 N–H and O–H groups in total. The third-order valence-corrected chi connectivity index (χ3v) is 3.95. The lowest BCUT2D eigenvalue weighted by molar-refractivity contribution is 0.117. The topological polar surface area (TPSA) is 70.4 Å². The van der Waals surface area contributed by atoms with Crippen molar-refractivity contribution in [1.29, 1.82) is 5.26 Å². The predicted molar refractivity (Wildman–Crippen MR) is 55.6 cm³/mol. The van der Waals surface area contributed by atoms with Gasteiger partial charge in [0.25, 0.3) is 0 Å². The van der Waals surface area contributed by atoms with Gasteiger partial charge in [0.05, 0.1) is 12.7 Å². The van der Waals surface area contributed by atoms with Crippen molar-refractivity contribution in [2.75, 3.05) is 32.6 Å². The lowest BCUT2D eigenvalue weighted by Gasteiger charge is -2.14. The summed E-state index contributed by atoms with van der Waals surface area (Å²) in [5.74, 6) is 0.220. The van der Waals surface area contributed by atoms with Crippen molar-refractivity contribution in [3.05, 3.63) is 0 Å². The van der Waals surface area contributed by atoms with Crippen LogP contribution in [-0.4, -0.2) is 45.3 Å².